The summed E-state index contributed by atoms with van der Waals surface area (Å²) in [5, 5.41) is 0. The largest absolute Gasteiger partial charge is 0.351 e. The average molecular weight is 168 g/mol. The first kappa shape index (κ1) is 10.8. The lowest BCUT2D eigenvalue weighted by atomic mass is 10.3. The van der Waals surface area contributed by atoms with E-state index >= 15 is 0 Å². The van der Waals surface area contributed by atoms with Crippen molar-refractivity contribution >= 4 is 6.03 Å². The number of rotatable bonds is 4. The van der Waals surface area contributed by atoms with Crippen LogP contribution in [-0.2, 0) is 0 Å². The molecule has 0 saturated carbocycles. The highest BCUT2D eigenvalue weighted by Gasteiger charge is 2.08. The van der Waals surface area contributed by atoms with Crippen LogP contribution in [0.25, 0.3) is 0 Å². The van der Waals surface area contributed by atoms with E-state index < -0.39 is 6.03 Å². The fraction of sp³-hybridized carbons (Fsp3) is 0.444. The quantitative estimate of drug-likeness (QED) is 0.635. The van der Waals surface area contributed by atoms with Crippen molar-refractivity contribution in [3.8, 4) is 0 Å². The normalized spacial score (nSPS) is 9.17. The number of carbonyl (C=O) groups is 1. The monoisotopic (exact) mass is 168 g/mol. The summed E-state index contributed by atoms with van der Waals surface area (Å²) in [5.74, 6) is 0. The second-order valence-corrected chi connectivity index (χ2v) is 3.11. The summed E-state index contributed by atoms with van der Waals surface area (Å²) in [6.45, 7) is 12.1. The number of hydrogen-bond acceptors (Lipinski definition) is 1. The third-order valence-corrected chi connectivity index (χ3v) is 1.23. The highest BCUT2D eigenvalue weighted by molar-refractivity contribution is 5.72. The van der Waals surface area contributed by atoms with Crippen molar-refractivity contribution < 1.29 is 4.79 Å². The molecule has 2 amide bonds. The van der Waals surface area contributed by atoms with Gasteiger partial charge in [0.15, 0.2) is 0 Å². The first-order valence-electron chi connectivity index (χ1n) is 3.76. The lowest BCUT2D eigenvalue weighted by Gasteiger charge is -2.20. The van der Waals surface area contributed by atoms with Crippen molar-refractivity contribution in [1.29, 1.82) is 0 Å². The van der Waals surface area contributed by atoms with Crippen molar-refractivity contribution in [3.05, 3.63) is 24.3 Å². The van der Waals surface area contributed by atoms with Crippen LogP contribution in [0.5, 0.6) is 0 Å². The number of nitrogens with zero attached hydrogens (tertiary/aromatic N) is 1. The van der Waals surface area contributed by atoms with Crippen molar-refractivity contribution in [2.75, 3.05) is 13.1 Å². The minimum Gasteiger partial charge on any atom is -0.351 e. The van der Waals surface area contributed by atoms with Crippen molar-refractivity contribution in [2.24, 2.45) is 5.73 Å². The molecule has 0 aromatic rings. The van der Waals surface area contributed by atoms with E-state index in [2.05, 4.69) is 13.2 Å². The molecule has 12 heavy (non-hydrogen) atoms. The molecule has 0 saturated heterocycles. The maximum absolute atomic E-state index is 10.8. The summed E-state index contributed by atoms with van der Waals surface area (Å²) in [4.78, 5) is 12.3. The van der Waals surface area contributed by atoms with Crippen LogP contribution in [0.3, 0.4) is 0 Å². The lowest BCUT2D eigenvalue weighted by molar-refractivity contribution is 0.216. The highest BCUT2D eigenvalue weighted by atomic mass is 16.2. The van der Waals surface area contributed by atoms with Gasteiger partial charge in [0.1, 0.15) is 0 Å². The van der Waals surface area contributed by atoms with Crippen LogP contribution >= 0.6 is 0 Å². The van der Waals surface area contributed by atoms with Crippen LogP contribution < -0.4 is 5.73 Å². The molecular formula is C9H16N2O. The molecule has 0 rings (SSSR count). The summed E-state index contributed by atoms with van der Waals surface area (Å²) in [5.41, 5.74) is 6.96. The van der Waals surface area contributed by atoms with Gasteiger partial charge in [-0.05, 0) is 13.8 Å². The van der Waals surface area contributed by atoms with Crippen LogP contribution in [0.4, 0.5) is 4.79 Å². The lowest BCUT2D eigenvalue weighted by Crippen LogP contribution is -2.37. The molecule has 68 valence electrons. The van der Waals surface area contributed by atoms with Gasteiger partial charge in [-0.1, -0.05) is 24.3 Å². The SMILES string of the molecule is C=C(C)CN(CC(=C)C)C(N)=O. The van der Waals surface area contributed by atoms with E-state index in [-0.39, 0.29) is 0 Å². The molecule has 0 unspecified atom stereocenters. The van der Waals surface area contributed by atoms with Gasteiger partial charge in [-0.2, -0.15) is 0 Å². The van der Waals surface area contributed by atoms with E-state index in [1.807, 2.05) is 13.8 Å². The number of primary amides is 1. The van der Waals surface area contributed by atoms with Crippen LogP contribution in [0.2, 0.25) is 0 Å². The Labute approximate surface area is 73.5 Å². The number of nitrogens with two attached hydrogens (primary N) is 1. The fourth-order valence-corrected chi connectivity index (χ4v) is 0.863. The minimum absolute atomic E-state index is 0.430. The van der Waals surface area contributed by atoms with Crippen LogP contribution in [0.15, 0.2) is 24.3 Å². The van der Waals surface area contributed by atoms with Gasteiger partial charge in [0.05, 0.1) is 0 Å². The summed E-state index contributed by atoms with van der Waals surface area (Å²) < 4.78 is 0. The van der Waals surface area contributed by atoms with Gasteiger partial charge in [-0.3, -0.25) is 0 Å². The van der Waals surface area contributed by atoms with Gasteiger partial charge in [-0.15, -0.1) is 0 Å². The molecule has 0 aliphatic carbocycles. The predicted octanol–water partition coefficient (Wildman–Crippen LogP) is 1.52. The third-order valence-electron chi connectivity index (χ3n) is 1.23. The molecule has 0 aliphatic rings. The molecule has 0 fully saturated rings. The molecule has 0 heterocycles. The van der Waals surface area contributed by atoms with Crippen molar-refractivity contribution in [2.45, 2.75) is 13.8 Å². The highest BCUT2D eigenvalue weighted by Crippen LogP contribution is 1.99. The Bertz CT molecular complexity index is 193. The van der Waals surface area contributed by atoms with Crippen LogP contribution in [0.1, 0.15) is 13.8 Å². The summed E-state index contributed by atoms with van der Waals surface area (Å²) in [6.07, 6.45) is 0. The number of carbonyl (C=O) groups excluding carboxylic acids is 1. The molecular weight excluding hydrogens is 152 g/mol. The number of hydrogen-bond donors (Lipinski definition) is 1. The van der Waals surface area contributed by atoms with Gasteiger partial charge < -0.3 is 10.6 Å². The molecule has 0 aliphatic heterocycles. The molecule has 0 atom stereocenters. The minimum atomic E-state index is -0.430. The topological polar surface area (TPSA) is 46.3 Å². The molecule has 0 aromatic carbocycles. The van der Waals surface area contributed by atoms with Gasteiger partial charge in [0.2, 0.25) is 0 Å². The Morgan fingerprint density at radius 3 is 1.75 bits per heavy atom. The average Bonchev–Trinajstić information content (AvgIpc) is 1.83. The van der Waals surface area contributed by atoms with E-state index in [1.165, 1.54) is 4.90 Å². The zero-order valence-corrected chi connectivity index (χ0v) is 7.76. The number of urea groups is 1. The molecule has 0 radical (unpaired) electrons. The Morgan fingerprint density at radius 2 is 1.58 bits per heavy atom. The van der Waals surface area contributed by atoms with Gasteiger partial charge >= 0.3 is 6.03 Å². The standard InChI is InChI=1S/C9H16N2O/c1-7(2)5-11(9(10)12)6-8(3)4/h1,3,5-6H2,2,4H3,(H2,10,12). The fourth-order valence-electron chi connectivity index (χ4n) is 0.863. The first-order valence-corrected chi connectivity index (χ1v) is 3.76. The summed E-state index contributed by atoms with van der Waals surface area (Å²) in [6, 6.07) is -0.430. The number of amides is 2. The van der Waals surface area contributed by atoms with E-state index in [4.69, 9.17) is 5.73 Å². The molecule has 0 aromatic heterocycles. The maximum Gasteiger partial charge on any atom is 0.315 e. The Balaban J connectivity index is 4.14. The van der Waals surface area contributed by atoms with E-state index in [0.717, 1.165) is 11.1 Å². The third kappa shape index (κ3) is 4.55. The second-order valence-electron chi connectivity index (χ2n) is 3.11. The van der Waals surface area contributed by atoms with Gasteiger partial charge in [-0.25, -0.2) is 4.79 Å². The Hall–Kier alpha value is -1.25. The zero-order chi connectivity index (χ0) is 9.72. The van der Waals surface area contributed by atoms with E-state index in [1.54, 1.807) is 0 Å². The van der Waals surface area contributed by atoms with Crippen molar-refractivity contribution in [1.82, 2.24) is 4.90 Å². The zero-order valence-electron chi connectivity index (χ0n) is 7.76. The van der Waals surface area contributed by atoms with E-state index in [9.17, 15) is 4.79 Å². The van der Waals surface area contributed by atoms with Crippen molar-refractivity contribution in [3.63, 3.8) is 0 Å². The molecule has 3 heteroatoms. The molecule has 0 bridgehead atoms. The van der Waals surface area contributed by atoms with Crippen LogP contribution in [-0.4, -0.2) is 24.0 Å². The van der Waals surface area contributed by atoms with E-state index in [0.29, 0.717) is 13.1 Å². The molecule has 3 nitrogen and oxygen atoms in total. The van der Waals surface area contributed by atoms with Gasteiger partial charge in [0, 0.05) is 13.1 Å². The Morgan fingerprint density at radius 1 is 1.25 bits per heavy atom. The van der Waals surface area contributed by atoms with Crippen LogP contribution in [0, 0.1) is 0 Å². The molecule has 2 N–H and O–H groups in total. The second kappa shape index (κ2) is 4.59. The summed E-state index contributed by atoms with van der Waals surface area (Å²) in [7, 11) is 0. The smallest absolute Gasteiger partial charge is 0.315 e. The van der Waals surface area contributed by atoms with Gasteiger partial charge in [0.25, 0.3) is 0 Å². The maximum atomic E-state index is 10.8. The Kier molecular flexibility index (Phi) is 4.11. The molecule has 0 spiro atoms. The first-order chi connectivity index (χ1) is 5.43. The predicted molar refractivity (Wildman–Crippen MR) is 50.8 cm³/mol. The summed E-state index contributed by atoms with van der Waals surface area (Å²) >= 11 is 0.